The van der Waals surface area contributed by atoms with Gasteiger partial charge in [0.1, 0.15) is 0 Å². The van der Waals surface area contributed by atoms with E-state index in [1.54, 1.807) is 0 Å². The molecule has 0 unspecified atom stereocenters. The first-order chi connectivity index (χ1) is 9.84. The molecule has 1 aliphatic carbocycles. The molecule has 3 rings (SSSR count). The Balaban J connectivity index is 2.07. The molecular weight excluding hydrogens is 240 g/mol. The smallest absolute Gasteiger partial charge is 0.0305 e. The van der Waals surface area contributed by atoms with Gasteiger partial charge in [0.2, 0.25) is 0 Å². The Hall–Kier alpha value is -2.08. The van der Waals surface area contributed by atoms with Gasteiger partial charge < -0.3 is 0 Å². The highest BCUT2D eigenvalue weighted by Crippen LogP contribution is 2.36. The molecule has 0 aliphatic heterocycles. The van der Waals surface area contributed by atoms with Crippen molar-refractivity contribution >= 4 is 0 Å². The molecule has 0 spiro atoms. The summed E-state index contributed by atoms with van der Waals surface area (Å²) >= 11 is 0. The molecule has 0 saturated heterocycles. The lowest BCUT2D eigenvalue weighted by atomic mass is 9.80. The third-order valence-electron chi connectivity index (χ3n) is 3.79. The van der Waals surface area contributed by atoms with Crippen molar-refractivity contribution in [2.45, 2.75) is 19.3 Å². The van der Waals surface area contributed by atoms with Crippen molar-refractivity contribution < 1.29 is 0 Å². The summed E-state index contributed by atoms with van der Waals surface area (Å²) in [7, 11) is 0. The van der Waals surface area contributed by atoms with Crippen molar-refractivity contribution in [3.8, 4) is 0 Å². The normalized spacial score (nSPS) is 14.9. The minimum absolute atomic E-state index is 0.334. The third-order valence-corrected chi connectivity index (χ3v) is 3.79. The van der Waals surface area contributed by atoms with Gasteiger partial charge in [-0.15, -0.1) is 0 Å². The predicted molar refractivity (Wildman–Crippen MR) is 85.5 cm³/mol. The topological polar surface area (TPSA) is 0 Å². The molecule has 2 aromatic carbocycles. The summed E-state index contributed by atoms with van der Waals surface area (Å²) in [5.74, 6) is 0.334. The maximum atomic E-state index is 2.34. The maximum Gasteiger partial charge on any atom is 0.0305 e. The number of hydrogen-bond acceptors (Lipinski definition) is 0. The molecule has 0 atom stereocenters. The van der Waals surface area contributed by atoms with Crippen LogP contribution in [0.4, 0.5) is 0 Å². The van der Waals surface area contributed by atoms with Crippen molar-refractivity contribution in [1.29, 1.82) is 0 Å². The van der Waals surface area contributed by atoms with Crippen LogP contribution in [0.5, 0.6) is 0 Å². The van der Waals surface area contributed by atoms with Gasteiger partial charge in [-0.2, -0.15) is 0 Å². The van der Waals surface area contributed by atoms with Gasteiger partial charge in [-0.05, 0) is 30.9 Å². The molecule has 99 valence electrons. The predicted octanol–water partition coefficient (Wildman–Crippen LogP) is 5.30. The highest BCUT2D eigenvalue weighted by atomic mass is 14.2. The van der Waals surface area contributed by atoms with Gasteiger partial charge in [-0.1, -0.05) is 84.0 Å². The largest absolute Gasteiger partial charge is 0.0810 e. The van der Waals surface area contributed by atoms with Crippen LogP contribution in [0.1, 0.15) is 30.4 Å². The van der Waals surface area contributed by atoms with Gasteiger partial charge in [0.15, 0.2) is 0 Å². The first kappa shape index (κ1) is 12.9. The fourth-order valence-corrected chi connectivity index (χ4v) is 2.83. The molecule has 0 amide bonds. The highest BCUT2D eigenvalue weighted by Gasteiger charge is 2.19. The summed E-state index contributed by atoms with van der Waals surface area (Å²) in [5, 5.41) is 0. The molecule has 0 aromatic heterocycles. The van der Waals surface area contributed by atoms with Gasteiger partial charge in [0.05, 0.1) is 0 Å². The Labute approximate surface area is 121 Å². The SMILES string of the molecule is CC1=CC[CH]C(C(c2ccccc2)c2ccccc2)=C1. The van der Waals surface area contributed by atoms with Crippen LogP contribution in [0, 0.1) is 6.42 Å². The fraction of sp³-hybridized carbons (Fsp3) is 0.150. The first-order valence-electron chi connectivity index (χ1n) is 7.16. The number of benzene rings is 2. The Morgan fingerprint density at radius 2 is 1.35 bits per heavy atom. The monoisotopic (exact) mass is 259 g/mol. The molecule has 20 heavy (non-hydrogen) atoms. The third kappa shape index (κ3) is 2.75. The summed E-state index contributed by atoms with van der Waals surface area (Å²) in [6.07, 6.45) is 7.97. The Kier molecular flexibility index (Phi) is 3.83. The maximum absolute atomic E-state index is 2.34. The lowest BCUT2D eigenvalue weighted by Gasteiger charge is -2.23. The van der Waals surface area contributed by atoms with Crippen molar-refractivity contribution in [1.82, 2.24) is 0 Å². The lowest BCUT2D eigenvalue weighted by Crippen LogP contribution is -2.07. The Morgan fingerprint density at radius 3 is 1.85 bits per heavy atom. The molecule has 1 aliphatic rings. The summed E-state index contributed by atoms with van der Waals surface area (Å²) in [4.78, 5) is 0. The van der Waals surface area contributed by atoms with Gasteiger partial charge in [-0.3, -0.25) is 0 Å². The van der Waals surface area contributed by atoms with Crippen LogP contribution in [0.3, 0.4) is 0 Å². The molecule has 0 heterocycles. The van der Waals surface area contributed by atoms with E-state index >= 15 is 0 Å². The van der Waals surface area contributed by atoms with E-state index in [9.17, 15) is 0 Å². The van der Waals surface area contributed by atoms with Crippen molar-refractivity contribution in [3.63, 3.8) is 0 Å². The molecule has 0 N–H and O–H groups in total. The van der Waals surface area contributed by atoms with Gasteiger partial charge >= 0.3 is 0 Å². The van der Waals surface area contributed by atoms with E-state index in [-0.39, 0.29) is 0 Å². The van der Waals surface area contributed by atoms with Crippen molar-refractivity contribution in [2.75, 3.05) is 0 Å². The molecule has 0 heteroatoms. The summed E-state index contributed by atoms with van der Waals surface area (Å²) in [5.41, 5.74) is 5.48. The van der Waals surface area contributed by atoms with Crippen LogP contribution >= 0.6 is 0 Å². The Bertz CT molecular complexity index is 578. The molecule has 1 radical (unpaired) electrons. The van der Waals surface area contributed by atoms with Crippen LogP contribution in [-0.2, 0) is 0 Å². The number of allylic oxidation sites excluding steroid dienone is 4. The summed E-state index contributed by atoms with van der Waals surface area (Å²) in [6, 6.07) is 21.5. The van der Waals surface area contributed by atoms with Crippen LogP contribution < -0.4 is 0 Å². The quantitative estimate of drug-likeness (QED) is 0.701. The van der Waals surface area contributed by atoms with Crippen LogP contribution in [0.25, 0.3) is 0 Å². The van der Waals surface area contributed by atoms with E-state index in [1.165, 1.54) is 22.3 Å². The average Bonchev–Trinajstić information content (AvgIpc) is 2.50. The molecule has 0 saturated carbocycles. The zero-order valence-corrected chi connectivity index (χ0v) is 11.8. The van der Waals surface area contributed by atoms with Crippen molar-refractivity contribution in [3.05, 3.63) is 102 Å². The zero-order valence-electron chi connectivity index (χ0n) is 11.8. The van der Waals surface area contributed by atoms with Crippen LogP contribution in [-0.4, -0.2) is 0 Å². The Morgan fingerprint density at radius 1 is 0.800 bits per heavy atom. The second-order valence-electron chi connectivity index (χ2n) is 5.29. The van der Waals surface area contributed by atoms with Gasteiger partial charge in [-0.25, -0.2) is 0 Å². The fourth-order valence-electron chi connectivity index (χ4n) is 2.83. The van der Waals surface area contributed by atoms with Crippen LogP contribution in [0.15, 0.2) is 84.0 Å². The van der Waals surface area contributed by atoms with Crippen molar-refractivity contribution in [2.24, 2.45) is 0 Å². The number of hydrogen-bond donors (Lipinski definition) is 0. The van der Waals surface area contributed by atoms with Crippen LogP contribution in [0.2, 0.25) is 0 Å². The second-order valence-corrected chi connectivity index (χ2v) is 5.29. The molecule has 0 bridgehead atoms. The highest BCUT2D eigenvalue weighted by molar-refractivity contribution is 5.47. The average molecular weight is 259 g/mol. The van der Waals surface area contributed by atoms with Gasteiger partial charge in [0, 0.05) is 5.92 Å². The molecule has 2 aromatic rings. The van der Waals surface area contributed by atoms with E-state index in [4.69, 9.17) is 0 Å². The van der Waals surface area contributed by atoms with E-state index < -0.39 is 0 Å². The van der Waals surface area contributed by atoms with E-state index in [1.807, 2.05) is 0 Å². The standard InChI is InChI=1S/C20H19/c1-16-9-8-14-19(15-16)20(17-10-4-2-5-11-17)18-12-6-3-7-13-18/h2-7,9-15,20H,8H2,1H3. The van der Waals surface area contributed by atoms with E-state index in [2.05, 4.69) is 86.2 Å². The minimum atomic E-state index is 0.334. The first-order valence-corrected chi connectivity index (χ1v) is 7.16. The van der Waals surface area contributed by atoms with E-state index in [0.717, 1.165) is 6.42 Å². The summed E-state index contributed by atoms with van der Waals surface area (Å²) < 4.78 is 0. The number of rotatable bonds is 3. The summed E-state index contributed by atoms with van der Waals surface area (Å²) in [6.45, 7) is 2.18. The second kappa shape index (κ2) is 5.92. The van der Waals surface area contributed by atoms with Gasteiger partial charge in [0.25, 0.3) is 0 Å². The zero-order chi connectivity index (χ0) is 13.8. The molecule has 0 fully saturated rings. The van der Waals surface area contributed by atoms with E-state index in [0.29, 0.717) is 5.92 Å². The molecular formula is C20H19. The molecule has 0 nitrogen and oxygen atoms in total. The lowest BCUT2D eigenvalue weighted by molar-refractivity contribution is 0.923. The minimum Gasteiger partial charge on any atom is -0.0810 e.